The third kappa shape index (κ3) is 1.30. The van der Waals surface area contributed by atoms with Crippen molar-refractivity contribution in [3.05, 3.63) is 6.07 Å². The first kappa shape index (κ1) is 7.56. The molecule has 0 radical (unpaired) electrons. The van der Waals surface area contributed by atoms with Crippen LogP contribution in [-0.2, 0) is 0 Å². The number of nitrogen functional groups attached to an aromatic ring is 2. The summed E-state index contributed by atoms with van der Waals surface area (Å²) in [6.07, 6.45) is 0. The van der Waals surface area contributed by atoms with Crippen molar-refractivity contribution in [1.29, 1.82) is 0 Å². The normalized spacial score (nSPS) is 9.80. The Morgan fingerprint density at radius 3 is 1.80 bits per heavy atom. The average Bonchev–Trinajstić information content (AvgIpc) is 1.84. The first-order chi connectivity index (χ1) is 4.61. The molecule has 0 spiro atoms. The number of thiol groups is 2. The van der Waals surface area contributed by atoms with E-state index in [1.807, 2.05) is 0 Å². The molecule has 0 aliphatic heterocycles. The summed E-state index contributed by atoms with van der Waals surface area (Å²) in [6.45, 7) is 0. The lowest BCUT2D eigenvalue weighted by Gasteiger charge is -2.01. The minimum absolute atomic E-state index is 0.332. The summed E-state index contributed by atoms with van der Waals surface area (Å²) in [5.41, 5.74) is 10.8. The van der Waals surface area contributed by atoms with Crippen molar-refractivity contribution in [2.45, 2.75) is 9.79 Å². The van der Waals surface area contributed by atoms with Crippen LogP contribution in [0.3, 0.4) is 0 Å². The van der Waals surface area contributed by atoms with Gasteiger partial charge in [0.05, 0.1) is 0 Å². The van der Waals surface area contributed by atoms with Crippen LogP contribution in [0.4, 0.5) is 11.6 Å². The molecule has 5 heteroatoms. The Bertz CT molecular complexity index is 211. The third-order valence-corrected chi connectivity index (χ3v) is 1.76. The van der Waals surface area contributed by atoms with E-state index >= 15 is 0 Å². The van der Waals surface area contributed by atoms with Gasteiger partial charge in [-0.25, -0.2) is 4.98 Å². The minimum Gasteiger partial charge on any atom is -0.383 e. The van der Waals surface area contributed by atoms with E-state index in [-0.39, 0.29) is 0 Å². The van der Waals surface area contributed by atoms with Crippen LogP contribution in [0.25, 0.3) is 0 Å². The van der Waals surface area contributed by atoms with Gasteiger partial charge in [0.1, 0.15) is 11.6 Å². The van der Waals surface area contributed by atoms with Crippen LogP contribution in [0.5, 0.6) is 0 Å². The summed E-state index contributed by atoms with van der Waals surface area (Å²) in [4.78, 5) is 4.97. The molecule has 0 saturated carbocycles. The van der Waals surface area contributed by atoms with Crippen LogP contribution < -0.4 is 11.5 Å². The lowest BCUT2D eigenvalue weighted by atomic mass is 10.4. The summed E-state index contributed by atoms with van der Waals surface area (Å²) in [7, 11) is 0. The van der Waals surface area contributed by atoms with E-state index in [1.54, 1.807) is 6.07 Å². The molecule has 1 heterocycles. The topological polar surface area (TPSA) is 64.9 Å². The number of hydrogen-bond donors (Lipinski definition) is 4. The number of nitrogens with zero attached hydrogens (tertiary/aromatic N) is 1. The average molecular weight is 173 g/mol. The minimum atomic E-state index is 0.332. The Morgan fingerprint density at radius 1 is 1.10 bits per heavy atom. The quantitative estimate of drug-likeness (QED) is 0.439. The first-order valence-corrected chi connectivity index (χ1v) is 3.44. The van der Waals surface area contributed by atoms with Gasteiger partial charge in [0, 0.05) is 9.79 Å². The van der Waals surface area contributed by atoms with Crippen LogP contribution in [0.15, 0.2) is 15.9 Å². The van der Waals surface area contributed by atoms with E-state index in [1.165, 1.54) is 0 Å². The maximum absolute atomic E-state index is 5.39. The summed E-state index contributed by atoms with van der Waals surface area (Å²) in [5, 5.41) is 0. The Morgan fingerprint density at radius 2 is 1.50 bits per heavy atom. The summed E-state index contributed by atoms with van der Waals surface area (Å²) in [6, 6.07) is 1.66. The molecular formula is C5H7N3S2. The smallest absolute Gasteiger partial charge is 0.139 e. The second kappa shape index (κ2) is 2.59. The van der Waals surface area contributed by atoms with E-state index < -0.39 is 0 Å². The highest BCUT2D eigenvalue weighted by Crippen LogP contribution is 2.22. The lowest BCUT2D eigenvalue weighted by molar-refractivity contribution is 1.19. The van der Waals surface area contributed by atoms with Gasteiger partial charge in [0.2, 0.25) is 0 Å². The fourth-order valence-corrected chi connectivity index (χ4v) is 0.982. The van der Waals surface area contributed by atoms with Gasteiger partial charge in [-0.1, -0.05) is 0 Å². The molecule has 0 aliphatic carbocycles. The molecule has 4 N–H and O–H groups in total. The van der Waals surface area contributed by atoms with E-state index in [0.29, 0.717) is 21.4 Å². The fourth-order valence-electron chi connectivity index (χ4n) is 0.522. The molecular weight excluding hydrogens is 166 g/mol. The van der Waals surface area contributed by atoms with Crippen LogP contribution >= 0.6 is 25.3 Å². The van der Waals surface area contributed by atoms with Gasteiger partial charge in [0.15, 0.2) is 0 Å². The fraction of sp³-hybridized carbons (Fsp3) is 0. The highest BCUT2D eigenvalue weighted by atomic mass is 32.1. The van der Waals surface area contributed by atoms with E-state index in [2.05, 4.69) is 30.2 Å². The maximum atomic E-state index is 5.39. The zero-order valence-electron chi connectivity index (χ0n) is 5.07. The van der Waals surface area contributed by atoms with E-state index in [0.717, 1.165) is 0 Å². The Labute approximate surface area is 69.6 Å². The summed E-state index contributed by atoms with van der Waals surface area (Å²) >= 11 is 8.05. The van der Waals surface area contributed by atoms with Gasteiger partial charge in [-0.2, -0.15) is 0 Å². The van der Waals surface area contributed by atoms with E-state index in [9.17, 15) is 0 Å². The molecule has 0 amide bonds. The Balaban J connectivity index is 3.28. The highest BCUT2D eigenvalue weighted by molar-refractivity contribution is 7.81. The number of pyridine rings is 1. The van der Waals surface area contributed by atoms with Gasteiger partial charge >= 0.3 is 0 Å². The molecule has 10 heavy (non-hydrogen) atoms. The van der Waals surface area contributed by atoms with E-state index in [4.69, 9.17) is 11.5 Å². The molecule has 3 nitrogen and oxygen atoms in total. The molecule has 0 atom stereocenters. The number of aromatic nitrogens is 1. The molecule has 1 aromatic heterocycles. The molecule has 1 rings (SSSR count). The van der Waals surface area contributed by atoms with Gasteiger partial charge in [-0.15, -0.1) is 25.3 Å². The largest absolute Gasteiger partial charge is 0.383 e. The lowest BCUT2D eigenvalue weighted by Crippen LogP contribution is -1.97. The molecule has 0 saturated heterocycles. The zero-order valence-corrected chi connectivity index (χ0v) is 6.86. The summed E-state index contributed by atoms with van der Waals surface area (Å²) in [5.74, 6) is 0.664. The van der Waals surface area contributed by atoms with Crippen molar-refractivity contribution >= 4 is 36.9 Å². The Hall–Kier alpha value is -0.550. The van der Waals surface area contributed by atoms with Gasteiger partial charge in [-0.3, -0.25) is 0 Å². The molecule has 0 aliphatic rings. The van der Waals surface area contributed by atoms with Gasteiger partial charge < -0.3 is 11.5 Å². The molecule has 0 fully saturated rings. The van der Waals surface area contributed by atoms with Crippen molar-refractivity contribution < 1.29 is 0 Å². The maximum Gasteiger partial charge on any atom is 0.139 e. The molecule has 1 aromatic rings. The van der Waals surface area contributed by atoms with Crippen molar-refractivity contribution in [2.24, 2.45) is 0 Å². The number of anilines is 2. The SMILES string of the molecule is Nc1nc(N)c(S)cc1S. The second-order valence-electron chi connectivity index (χ2n) is 1.80. The van der Waals surface area contributed by atoms with Crippen LogP contribution in [-0.4, -0.2) is 4.98 Å². The number of nitrogens with two attached hydrogens (primary N) is 2. The standard InChI is InChI=1S/C5H7N3S2/c6-4-2(9)1-3(10)5(7)8-4/h1,9-10H,(H4,6,7,8). The Kier molecular flexibility index (Phi) is 1.96. The van der Waals surface area contributed by atoms with Gasteiger partial charge in [-0.05, 0) is 6.07 Å². The van der Waals surface area contributed by atoms with Crippen LogP contribution in [0, 0.1) is 0 Å². The molecule has 54 valence electrons. The van der Waals surface area contributed by atoms with Crippen molar-refractivity contribution in [2.75, 3.05) is 11.5 Å². The highest BCUT2D eigenvalue weighted by Gasteiger charge is 1.99. The first-order valence-electron chi connectivity index (χ1n) is 2.55. The zero-order chi connectivity index (χ0) is 7.72. The number of rotatable bonds is 0. The monoisotopic (exact) mass is 173 g/mol. The van der Waals surface area contributed by atoms with Crippen LogP contribution in [0.1, 0.15) is 0 Å². The molecule has 0 aromatic carbocycles. The predicted octanol–water partition coefficient (Wildman–Crippen LogP) is 0.823. The number of hydrogen-bond acceptors (Lipinski definition) is 5. The second-order valence-corrected chi connectivity index (χ2v) is 2.76. The van der Waals surface area contributed by atoms with Crippen LogP contribution in [0.2, 0.25) is 0 Å². The molecule has 0 unspecified atom stereocenters. The van der Waals surface area contributed by atoms with Crippen molar-refractivity contribution in [3.8, 4) is 0 Å². The van der Waals surface area contributed by atoms with Gasteiger partial charge in [0.25, 0.3) is 0 Å². The summed E-state index contributed by atoms with van der Waals surface area (Å²) < 4.78 is 0. The van der Waals surface area contributed by atoms with Crippen molar-refractivity contribution in [1.82, 2.24) is 4.98 Å². The third-order valence-electron chi connectivity index (χ3n) is 1.04. The molecule has 0 bridgehead atoms. The van der Waals surface area contributed by atoms with Crippen molar-refractivity contribution in [3.63, 3.8) is 0 Å². The predicted molar refractivity (Wildman–Crippen MR) is 47.6 cm³/mol.